The van der Waals surface area contributed by atoms with Crippen molar-refractivity contribution in [2.75, 3.05) is 0 Å². The van der Waals surface area contributed by atoms with Crippen LogP contribution in [0.3, 0.4) is 0 Å². The molecular formula is C20H12O3. The van der Waals surface area contributed by atoms with Gasteiger partial charge in [-0.3, -0.25) is 4.79 Å². The quantitative estimate of drug-likeness (QED) is 0.412. The standard InChI is InChI=1S/C20H12O3/c21-19(16-10-5-8-13-6-1-3-9-15(13)16)17-12-14-7-2-4-11-18(14)23-20(17)22/h1-12H. The van der Waals surface area contributed by atoms with Gasteiger partial charge in [0.1, 0.15) is 11.1 Å². The van der Waals surface area contributed by atoms with Crippen molar-refractivity contribution in [1.82, 2.24) is 0 Å². The molecule has 0 radical (unpaired) electrons. The first-order valence-electron chi connectivity index (χ1n) is 7.29. The zero-order valence-electron chi connectivity index (χ0n) is 12.2. The second-order valence-electron chi connectivity index (χ2n) is 5.34. The number of rotatable bonds is 2. The van der Waals surface area contributed by atoms with Crippen LogP contribution in [0.4, 0.5) is 0 Å². The average Bonchev–Trinajstić information content (AvgIpc) is 2.60. The van der Waals surface area contributed by atoms with Gasteiger partial charge < -0.3 is 4.42 Å². The summed E-state index contributed by atoms with van der Waals surface area (Å²) < 4.78 is 5.27. The van der Waals surface area contributed by atoms with Crippen molar-refractivity contribution in [2.24, 2.45) is 0 Å². The molecule has 0 unspecified atom stereocenters. The van der Waals surface area contributed by atoms with Crippen molar-refractivity contribution >= 4 is 27.5 Å². The van der Waals surface area contributed by atoms with Gasteiger partial charge in [-0.15, -0.1) is 0 Å². The summed E-state index contributed by atoms with van der Waals surface area (Å²) in [7, 11) is 0. The first-order chi connectivity index (χ1) is 11.2. The van der Waals surface area contributed by atoms with Gasteiger partial charge in [0.25, 0.3) is 0 Å². The van der Waals surface area contributed by atoms with Gasteiger partial charge in [-0.1, -0.05) is 60.7 Å². The van der Waals surface area contributed by atoms with Gasteiger partial charge in [-0.2, -0.15) is 0 Å². The van der Waals surface area contributed by atoms with E-state index in [0.29, 0.717) is 11.1 Å². The maximum absolute atomic E-state index is 12.9. The van der Waals surface area contributed by atoms with E-state index in [0.717, 1.165) is 16.2 Å². The second kappa shape index (κ2) is 5.21. The van der Waals surface area contributed by atoms with Crippen LogP contribution in [0.1, 0.15) is 15.9 Å². The molecule has 0 bridgehead atoms. The number of para-hydroxylation sites is 1. The number of ketones is 1. The Balaban J connectivity index is 1.95. The summed E-state index contributed by atoms with van der Waals surface area (Å²) in [4.78, 5) is 25.1. The van der Waals surface area contributed by atoms with Gasteiger partial charge in [0.05, 0.1) is 0 Å². The number of fused-ring (bicyclic) bond motifs is 2. The molecule has 3 aromatic carbocycles. The summed E-state index contributed by atoms with van der Waals surface area (Å²) in [6.07, 6.45) is 0. The fourth-order valence-corrected chi connectivity index (χ4v) is 2.79. The molecule has 0 saturated heterocycles. The molecule has 0 amide bonds. The molecule has 110 valence electrons. The molecule has 0 aliphatic heterocycles. The fourth-order valence-electron chi connectivity index (χ4n) is 2.79. The van der Waals surface area contributed by atoms with E-state index in [1.165, 1.54) is 0 Å². The predicted molar refractivity (Wildman–Crippen MR) is 89.9 cm³/mol. The minimum atomic E-state index is -0.610. The third-order valence-corrected chi connectivity index (χ3v) is 3.92. The highest BCUT2D eigenvalue weighted by molar-refractivity contribution is 6.16. The van der Waals surface area contributed by atoms with E-state index in [4.69, 9.17) is 4.42 Å². The van der Waals surface area contributed by atoms with Gasteiger partial charge in [-0.25, -0.2) is 4.79 Å². The van der Waals surface area contributed by atoms with Crippen LogP contribution >= 0.6 is 0 Å². The van der Waals surface area contributed by atoms with Crippen LogP contribution in [0.5, 0.6) is 0 Å². The Morgan fingerprint density at radius 2 is 1.43 bits per heavy atom. The zero-order chi connectivity index (χ0) is 15.8. The number of hydrogen-bond donors (Lipinski definition) is 0. The molecule has 0 aliphatic rings. The molecule has 23 heavy (non-hydrogen) atoms. The van der Waals surface area contributed by atoms with Crippen LogP contribution in [-0.2, 0) is 0 Å². The normalized spacial score (nSPS) is 11.0. The third kappa shape index (κ3) is 2.23. The SMILES string of the molecule is O=C(c1cc2ccccc2oc1=O)c1cccc2ccccc12. The van der Waals surface area contributed by atoms with Crippen molar-refractivity contribution in [3.63, 3.8) is 0 Å². The molecule has 4 aromatic rings. The highest BCUT2D eigenvalue weighted by Gasteiger charge is 2.17. The van der Waals surface area contributed by atoms with E-state index in [9.17, 15) is 9.59 Å². The molecule has 4 rings (SSSR count). The number of benzene rings is 3. The molecule has 0 spiro atoms. The fraction of sp³-hybridized carbons (Fsp3) is 0. The van der Waals surface area contributed by atoms with Gasteiger partial charge in [0.15, 0.2) is 0 Å². The minimum absolute atomic E-state index is 0.0556. The van der Waals surface area contributed by atoms with Gasteiger partial charge in [0.2, 0.25) is 5.78 Å². The molecular weight excluding hydrogens is 288 g/mol. The predicted octanol–water partition coefficient (Wildman–Crippen LogP) is 4.18. The maximum Gasteiger partial charge on any atom is 0.347 e. The molecule has 0 fully saturated rings. The van der Waals surface area contributed by atoms with Crippen LogP contribution in [0.25, 0.3) is 21.7 Å². The molecule has 0 aliphatic carbocycles. The number of carbonyl (C=O) groups is 1. The van der Waals surface area contributed by atoms with Crippen molar-refractivity contribution in [3.05, 3.63) is 94.3 Å². The molecule has 0 N–H and O–H groups in total. The summed E-state index contributed by atoms with van der Waals surface area (Å²) in [5.41, 5.74) is 0.430. The van der Waals surface area contributed by atoms with E-state index in [-0.39, 0.29) is 11.3 Å². The van der Waals surface area contributed by atoms with E-state index >= 15 is 0 Å². The Morgan fingerprint density at radius 1 is 0.739 bits per heavy atom. The third-order valence-electron chi connectivity index (χ3n) is 3.92. The molecule has 0 saturated carbocycles. The van der Waals surface area contributed by atoms with E-state index in [2.05, 4.69) is 0 Å². The molecule has 1 heterocycles. The van der Waals surface area contributed by atoms with Crippen LogP contribution in [-0.4, -0.2) is 5.78 Å². The Hall–Kier alpha value is -3.20. The van der Waals surface area contributed by atoms with Gasteiger partial charge >= 0.3 is 5.63 Å². The van der Waals surface area contributed by atoms with Crippen molar-refractivity contribution in [2.45, 2.75) is 0 Å². The summed E-state index contributed by atoms with van der Waals surface area (Å²) in [6, 6.07) is 21.9. The summed E-state index contributed by atoms with van der Waals surface area (Å²) in [5.74, 6) is -0.318. The Morgan fingerprint density at radius 3 is 2.30 bits per heavy atom. The van der Waals surface area contributed by atoms with Crippen LogP contribution in [0.2, 0.25) is 0 Å². The smallest absolute Gasteiger partial charge is 0.347 e. The van der Waals surface area contributed by atoms with Crippen molar-refractivity contribution < 1.29 is 9.21 Å². The molecule has 0 atom stereocenters. The van der Waals surface area contributed by atoms with Crippen molar-refractivity contribution in [3.8, 4) is 0 Å². The Bertz CT molecular complexity index is 1100. The van der Waals surface area contributed by atoms with E-state index in [1.807, 2.05) is 48.5 Å². The summed E-state index contributed by atoms with van der Waals surface area (Å²) in [5, 5.41) is 2.52. The van der Waals surface area contributed by atoms with E-state index in [1.54, 1.807) is 24.3 Å². The molecule has 3 nitrogen and oxygen atoms in total. The maximum atomic E-state index is 12.9. The van der Waals surface area contributed by atoms with E-state index < -0.39 is 5.63 Å². The lowest BCUT2D eigenvalue weighted by Crippen LogP contribution is -2.15. The van der Waals surface area contributed by atoms with Crippen LogP contribution in [0, 0.1) is 0 Å². The first-order valence-corrected chi connectivity index (χ1v) is 7.29. The topological polar surface area (TPSA) is 47.3 Å². The van der Waals surface area contributed by atoms with Gasteiger partial charge in [-0.05, 0) is 22.9 Å². The lowest BCUT2D eigenvalue weighted by Gasteiger charge is -2.06. The van der Waals surface area contributed by atoms with Crippen molar-refractivity contribution in [1.29, 1.82) is 0 Å². The summed E-state index contributed by atoms with van der Waals surface area (Å²) in [6.45, 7) is 0. The number of carbonyl (C=O) groups excluding carboxylic acids is 1. The summed E-state index contributed by atoms with van der Waals surface area (Å²) >= 11 is 0. The lowest BCUT2D eigenvalue weighted by molar-refractivity contribution is 0.103. The second-order valence-corrected chi connectivity index (χ2v) is 5.34. The minimum Gasteiger partial charge on any atom is -0.422 e. The highest BCUT2D eigenvalue weighted by atomic mass is 16.4. The molecule has 1 aromatic heterocycles. The number of hydrogen-bond acceptors (Lipinski definition) is 3. The van der Waals surface area contributed by atoms with Crippen LogP contribution < -0.4 is 5.63 Å². The zero-order valence-corrected chi connectivity index (χ0v) is 12.2. The first kappa shape index (κ1) is 13.5. The lowest BCUT2D eigenvalue weighted by atomic mass is 9.97. The average molecular weight is 300 g/mol. The monoisotopic (exact) mass is 300 g/mol. The molecule has 3 heteroatoms. The Labute approximate surface area is 131 Å². The van der Waals surface area contributed by atoms with Gasteiger partial charge in [0, 0.05) is 10.9 Å². The largest absolute Gasteiger partial charge is 0.422 e. The van der Waals surface area contributed by atoms with Crippen LogP contribution in [0.15, 0.2) is 82.0 Å². The Kier molecular flexibility index (Phi) is 3.05. The highest BCUT2D eigenvalue weighted by Crippen LogP contribution is 2.22.